The van der Waals surface area contributed by atoms with Crippen LogP contribution in [0.4, 0.5) is 0 Å². The van der Waals surface area contributed by atoms with Crippen LogP contribution < -0.4 is 0 Å². The zero-order valence-corrected chi connectivity index (χ0v) is 19.2. The van der Waals surface area contributed by atoms with Crippen molar-refractivity contribution in [2.45, 2.75) is 89.5 Å². The van der Waals surface area contributed by atoms with Crippen LogP contribution in [0.2, 0.25) is 0 Å². The van der Waals surface area contributed by atoms with E-state index >= 15 is 0 Å². The summed E-state index contributed by atoms with van der Waals surface area (Å²) in [7, 11) is 2.32. The molecule has 5 heteroatoms. The van der Waals surface area contributed by atoms with Crippen molar-refractivity contribution < 1.29 is 4.79 Å². The smallest absolute Gasteiger partial charge is 0.243 e. The summed E-state index contributed by atoms with van der Waals surface area (Å²) >= 11 is 0. The number of hydrogen-bond donors (Lipinski definition) is 0. The van der Waals surface area contributed by atoms with Crippen molar-refractivity contribution in [2.24, 2.45) is 5.41 Å². The number of rotatable bonds is 5. The van der Waals surface area contributed by atoms with Crippen molar-refractivity contribution in [3.63, 3.8) is 0 Å². The Labute approximate surface area is 186 Å². The van der Waals surface area contributed by atoms with Crippen molar-refractivity contribution in [3.05, 3.63) is 54.1 Å². The number of carbonyl (C=O) groups is 1. The van der Waals surface area contributed by atoms with Crippen LogP contribution in [0.3, 0.4) is 0 Å². The third-order valence-corrected chi connectivity index (χ3v) is 8.53. The molecule has 2 saturated heterocycles. The third-order valence-electron chi connectivity index (χ3n) is 8.53. The number of hydrogen-bond acceptors (Lipinski definition) is 3. The van der Waals surface area contributed by atoms with Crippen molar-refractivity contribution in [2.75, 3.05) is 7.05 Å². The molecule has 31 heavy (non-hydrogen) atoms. The molecular formula is C26H36N4O. The van der Waals surface area contributed by atoms with Gasteiger partial charge in [0.2, 0.25) is 5.91 Å². The molecule has 1 saturated carbocycles. The maximum absolute atomic E-state index is 13.8. The fourth-order valence-corrected chi connectivity index (χ4v) is 7.08. The molecule has 5 rings (SSSR count). The van der Waals surface area contributed by atoms with E-state index in [0.717, 1.165) is 31.5 Å². The van der Waals surface area contributed by atoms with Gasteiger partial charge in [-0.3, -0.25) is 9.69 Å². The van der Waals surface area contributed by atoms with Crippen LogP contribution >= 0.6 is 0 Å². The minimum atomic E-state index is 0.196. The average Bonchev–Trinajstić information content (AvgIpc) is 3.27. The maximum atomic E-state index is 13.8. The summed E-state index contributed by atoms with van der Waals surface area (Å²) in [6, 6.07) is 12.4. The largest absolute Gasteiger partial charge is 0.333 e. The van der Waals surface area contributed by atoms with E-state index in [1.807, 2.05) is 12.4 Å². The first-order chi connectivity index (χ1) is 15.0. The van der Waals surface area contributed by atoms with Crippen molar-refractivity contribution in [1.29, 1.82) is 0 Å². The Morgan fingerprint density at radius 3 is 2.65 bits per heavy atom. The summed E-state index contributed by atoms with van der Waals surface area (Å²) in [5.74, 6) is 1.28. The second kappa shape index (κ2) is 8.09. The minimum absolute atomic E-state index is 0.196. The van der Waals surface area contributed by atoms with E-state index in [2.05, 4.69) is 70.6 Å². The van der Waals surface area contributed by atoms with Gasteiger partial charge in [-0.2, -0.15) is 0 Å². The Kier molecular flexibility index (Phi) is 5.41. The third kappa shape index (κ3) is 3.42. The normalized spacial score (nSPS) is 32.8. The Balaban J connectivity index is 1.49. The van der Waals surface area contributed by atoms with Crippen LogP contribution in [0.1, 0.15) is 57.3 Å². The van der Waals surface area contributed by atoms with Crippen LogP contribution in [0, 0.1) is 5.41 Å². The average molecular weight is 421 g/mol. The predicted octanol–water partition coefficient (Wildman–Crippen LogP) is 3.92. The SMILES string of the molecule is CCc1nccn1CC(=O)N1[C@H]2CCCC[C@H]3N(C)[C@@H](Cc4ccccc4)[C@@H]1C[C@@]23C. The van der Waals surface area contributed by atoms with Gasteiger partial charge in [-0.1, -0.05) is 57.0 Å². The Hall–Kier alpha value is -2.14. The lowest BCUT2D eigenvalue weighted by atomic mass is 9.69. The van der Waals surface area contributed by atoms with Crippen LogP contribution in [0.25, 0.3) is 0 Å². The number of imidazole rings is 1. The Morgan fingerprint density at radius 2 is 1.90 bits per heavy atom. The summed E-state index contributed by atoms with van der Waals surface area (Å²) in [6.07, 6.45) is 11.7. The summed E-state index contributed by atoms with van der Waals surface area (Å²) in [5, 5.41) is 0. The van der Waals surface area contributed by atoms with Gasteiger partial charge in [0.15, 0.2) is 0 Å². The molecule has 0 spiro atoms. The molecule has 166 valence electrons. The molecule has 2 bridgehead atoms. The highest BCUT2D eigenvalue weighted by Crippen LogP contribution is 2.55. The molecule has 0 unspecified atom stereocenters. The minimum Gasteiger partial charge on any atom is -0.333 e. The van der Waals surface area contributed by atoms with E-state index in [4.69, 9.17) is 0 Å². The van der Waals surface area contributed by atoms with Crippen molar-refractivity contribution in [1.82, 2.24) is 19.4 Å². The lowest BCUT2D eigenvalue weighted by molar-refractivity contribution is -0.136. The molecule has 1 amide bonds. The highest BCUT2D eigenvalue weighted by molar-refractivity contribution is 5.77. The lowest BCUT2D eigenvalue weighted by Gasteiger charge is -2.49. The van der Waals surface area contributed by atoms with E-state index in [1.54, 1.807) is 0 Å². The molecule has 1 aliphatic carbocycles. The molecule has 2 aliphatic heterocycles. The van der Waals surface area contributed by atoms with E-state index in [-0.39, 0.29) is 17.4 Å². The molecule has 3 aliphatic rings. The number of benzene rings is 1. The summed E-state index contributed by atoms with van der Waals surface area (Å²) in [4.78, 5) is 23.3. The van der Waals surface area contributed by atoms with Crippen molar-refractivity contribution in [3.8, 4) is 0 Å². The van der Waals surface area contributed by atoms with Crippen LogP contribution in [0.15, 0.2) is 42.7 Å². The van der Waals surface area contributed by atoms with Crippen LogP contribution in [0.5, 0.6) is 0 Å². The fourth-order valence-electron chi connectivity index (χ4n) is 7.08. The topological polar surface area (TPSA) is 41.4 Å². The first kappa shape index (κ1) is 20.7. The van der Waals surface area contributed by atoms with Crippen LogP contribution in [-0.2, 0) is 24.2 Å². The number of carbonyl (C=O) groups excluding carboxylic acids is 1. The molecular weight excluding hydrogens is 384 g/mol. The number of piperidine rings is 1. The van der Waals surface area contributed by atoms with E-state index in [0.29, 0.717) is 24.7 Å². The van der Waals surface area contributed by atoms with Gasteiger partial charge in [0.25, 0.3) is 0 Å². The van der Waals surface area contributed by atoms with Crippen molar-refractivity contribution >= 4 is 5.91 Å². The quantitative estimate of drug-likeness (QED) is 0.736. The lowest BCUT2D eigenvalue weighted by Crippen LogP contribution is -2.58. The highest BCUT2D eigenvalue weighted by Gasteiger charge is 2.61. The summed E-state index contributed by atoms with van der Waals surface area (Å²) < 4.78 is 2.05. The number of fused-ring (bicyclic) bond motifs is 1. The molecule has 1 aromatic carbocycles. The maximum Gasteiger partial charge on any atom is 0.243 e. The van der Waals surface area contributed by atoms with Crippen LogP contribution in [-0.4, -0.2) is 56.5 Å². The molecule has 0 N–H and O–H groups in total. The second-order valence-electron chi connectivity index (χ2n) is 10.1. The van der Waals surface area contributed by atoms with Gasteiger partial charge in [-0.15, -0.1) is 0 Å². The number of aryl methyl sites for hydroxylation is 1. The molecule has 1 aromatic heterocycles. The number of likely N-dealkylation sites (N-methyl/N-ethyl adjacent to an activating group) is 1. The van der Waals surface area contributed by atoms with E-state index in [1.165, 1.54) is 24.8 Å². The number of likely N-dealkylation sites (tertiary alicyclic amines) is 2. The molecule has 5 atom stereocenters. The Bertz CT molecular complexity index is 924. The molecule has 0 radical (unpaired) electrons. The molecule has 3 heterocycles. The van der Waals surface area contributed by atoms with Gasteiger partial charge in [-0.25, -0.2) is 4.98 Å². The first-order valence-electron chi connectivity index (χ1n) is 12.1. The molecule has 5 nitrogen and oxygen atoms in total. The monoisotopic (exact) mass is 420 g/mol. The summed E-state index contributed by atoms with van der Waals surface area (Å²) in [6.45, 7) is 4.99. The predicted molar refractivity (Wildman–Crippen MR) is 123 cm³/mol. The standard InChI is InChI=1S/C26H36N4O/c1-4-24-27-14-15-29(24)18-25(31)30-21-17-26(2)22(12-8-9-13-23(26)30)28(3)20(21)16-19-10-6-5-7-11-19/h5-7,10-11,14-15,20-23H,4,8-9,12-13,16-18H2,1-3H3/t20-,21-,22+,23-,26+/m0/s1. The zero-order chi connectivity index (χ0) is 21.6. The second-order valence-corrected chi connectivity index (χ2v) is 10.1. The van der Waals surface area contributed by atoms with Gasteiger partial charge in [0, 0.05) is 48.4 Å². The van der Waals surface area contributed by atoms with Gasteiger partial charge in [0.05, 0.1) is 0 Å². The van der Waals surface area contributed by atoms with Gasteiger partial charge >= 0.3 is 0 Å². The molecule has 3 fully saturated rings. The van der Waals surface area contributed by atoms with Gasteiger partial charge < -0.3 is 9.47 Å². The first-order valence-corrected chi connectivity index (χ1v) is 12.1. The number of amides is 1. The van der Waals surface area contributed by atoms with E-state index in [9.17, 15) is 4.79 Å². The summed E-state index contributed by atoms with van der Waals surface area (Å²) in [5.41, 5.74) is 1.57. The zero-order valence-electron chi connectivity index (χ0n) is 19.2. The van der Waals surface area contributed by atoms with Gasteiger partial charge in [-0.05, 0) is 38.3 Å². The Morgan fingerprint density at radius 1 is 1.16 bits per heavy atom. The van der Waals surface area contributed by atoms with E-state index < -0.39 is 0 Å². The number of nitrogens with zero attached hydrogens (tertiary/aromatic N) is 4. The molecule has 2 aromatic rings. The van der Waals surface area contributed by atoms with Gasteiger partial charge in [0.1, 0.15) is 12.4 Å². The highest BCUT2D eigenvalue weighted by atomic mass is 16.2. The number of aromatic nitrogens is 2. The fraction of sp³-hybridized carbons (Fsp3) is 0.615.